The second kappa shape index (κ2) is 4.41. The summed E-state index contributed by atoms with van der Waals surface area (Å²) < 4.78 is 7.34. The molecule has 1 aromatic rings. The molecule has 0 spiro atoms. The van der Waals surface area contributed by atoms with Gasteiger partial charge in [0.05, 0.1) is 11.3 Å². The Morgan fingerprint density at radius 3 is 3.00 bits per heavy atom. The fourth-order valence-corrected chi connectivity index (χ4v) is 2.15. The third kappa shape index (κ3) is 2.61. The zero-order chi connectivity index (χ0) is 12.5. The second-order valence-corrected chi connectivity index (χ2v) is 4.85. The van der Waals surface area contributed by atoms with Crippen molar-refractivity contribution in [2.75, 3.05) is 18.9 Å². The first-order chi connectivity index (χ1) is 8.00. The monoisotopic (exact) mass is 237 g/mol. The van der Waals surface area contributed by atoms with Crippen molar-refractivity contribution in [2.45, 2.75) is 25.4 Å². The highest BCUT2D eigenvalue weighted by atomic mass is 16.5. The molecule has 0 radical (unpaired) electrons. The summed E-state index contributed by atoms with van der Waals surface area (Å²) in [5, 5.41) is 2.90. The van der Waals surface area contributed by atoms with Crippen LogP contribution in [0.15, 0.2) is 12.3 Å². The lowest BCUT2D eigenvalue weighted by atomic mass is 10.0. The number of hydrogen-bond acceptors (Lipinski definition) is 3. The molecule has 5 nitrogen and oxygen atoms in total. The minimum absolute atomic E-state index is 0.110. The number of anilines is 1. The van der Waals surface area contributed by atoms with Gasteiger partial charge in [0.15, 0.2) is 0 Å². The maximum Gasteiger partial charge on any atom is 0.268 e. The lowest BCUT2D eigenvalue weighted by molar-refractivity contribution is 0.0205. The number of rotatable bonds is 3. The van der Waals surface area contributed by atoms with Crippen LogP contribution in [0, 0.1) is 0 Å². The largest absolute Gasteiger partial charge is 0.397 e. The molecule has 1 aliphatic rings. The number of nitrogens with zero attached hydrogens (tertiary/aromatic N) is 1. The molecular formula is C12H19N3O2. The van der Waals surface area contributed by atoms with E-state index in [1.165, 1.54) is 0 Å². The van der Waals surface area contributed by atoms with Crippen molar-refractivity contribution >= 4 is 11.6 Å². The van der Waals surface area contributed by atoms with Crippen LogP contribution in [-0.4, -0.2) is 29.2 Å². The molecule has 17 heavy (non-hydrogen) atoms. The molecule has 0 saturated carbocycles. The van der Waals surface area contributed by atoms with Crippen LogP contribution in [0.2, 0.25) is 0 Å². The van der Waals surface area contributed by atoms with E-state index in [1.54, 1.807) is 23.9 Å². The summed E-state index contributed by atoms with van der Waals surface area (Å²) >= 11 is 0. The first kappa shape index (κ1) is 12.0. The summed E-state index contributed by atoms with van der Waals surface area (Å²) in [6.07, 6.45) is 3.77. The number of carbonyl (C=O) groups is 1. The number of amides is 1. The van der Waals surface area contributed by atoms with Gasteiger partial charge in [-0.15, -0.1) is 0 Å². The van der Waals surface area contributed by atoms with Crippen molar-refractivity contribution in [1.82, 2.24) is 9.88 Å². The van der Waals surface area contributed by atoms with Gasteiger partial charge in [0.1, 0.15) is 5.69 Å². The van der Waals surface area contributed by atoms with Crippen LogP contribution in [-0.2, 0) is 11.8 Å². The minimum Gasteiger partial charge on any atom is -0.397 e. The number of ether oxygens (including phenoxy) is 1. The Morgan fingerprint density at radius 2 is 2.47 bits per heavy atom. The van der Waals surface area contributed by atoms with Gasteiger partial charge in [-0.25, -0.2) is 0 Å². The molecule has 1 aliphatic heterocycles. The number of aromatic nitrogens is 1. The quantitative estimate of drug-likeness (QED) is 0.821. The van der Waals surface area contributed by atoms with Gasteiger partial charge in [-0.3, -0.25) is 4.79 Å². The summed E-state index contributed by atoms with van der Waals surface area (Å²) in [6, 6.07) is 1.67. The zero-order valence-corrected chi connectivity index (χ0v) is 10.3. The average molecular weight is 237 g/mol. The molecule has 5 heteroatoms. The van der Waals surface area contributed by atoms with Crippen molar-refractivity contribution in [3.63, 3.8) is 0 Å². The van der Waals surface area contributed by atoms with Crippen LogP contribution in [0.3, 0.4) is 0 Å². The Bertz CT molecular complexity index is 419. The normalized spacial score (nSPS) is 23.9. The van der Waals surface area contributed by atoms with E-state index in [2.05, 4.69) is 5.32 Å². The molecule has 1 aromatic heterocycles. The molecule has 0 bridgehead atoms. The van der Waals surface area contributed by atoms with Gasteiger partial charge in [-0.05, 0) is 25.8 Å². The van der Waals surface area contributed by atoms with Crippen LogP contribution in [0.1, 0.15) is 30.3 Å². The first-order valence-corrected chi connectivity index (χ1v) is 5.84. The number of nitrogen functional groups attached to an aromatic ring is 1. The van der Waals surface area contributed by atoms with Gasteiger partial charge in [0.25, 0.3) is 5.91 Å². The number of aryl methyl sites for hydroxylation is 1. The van der Waals surface area contributed by atoms with Crippen molar-refractivity contribution in [3.05, 3.63) is 18.0 Å². The number of carbonyl (C=O) groups excluding carboxylic acids is 1. The van der Waals surface area contributed by atoms with Crippen molar-refractivity contribution < 1.29 is 9.53 Å². The minimum atomic E-state index is -0.216. The standard InChI is InChI=1S/C12H19N3O2/c1-12(4-3-5-17-12)8-14-11(16)10-6-9(13)7-15(10)2/h6-7H,3-5,8,13H2,1-2H3,(H,14,16). The Labute approximate surface area is 101 Å². The Morgan fingerprint density at radius 1 is 1.71 bits per heavy atom. The topological polar surface area (TPSA) is 69.3 Å². The molecule has 94 valence electrons. The highest BCUT2D eigenvalue weighted by Gasteiger charge is 2.30. The van der Waals surface area contributed by atoms with Crippen LogP contribution in [0.4, 0.5) is 5.69 Å². The predicted molar refractivity (Wildman–Crippen MR) is 65.7 cm³/mol. The van der Waals surface area contributed by atoms with Crippen molar-refractivity contribution in [3.8, 4) is 0 Å². The molecule has 2 heterocycles. The van der Waals surface area contributed by atoms with E-state index in [0.717, 1.165) is 19.4 Å². The molecule has 1 amide bonds. The van der Waals surface area contributed by atoms with Crippen molar-refractivity contribution in [2.24, 2.45) is 7.05 Å². The molecule has 1 atom stereocenters. The van der Waals surface area contributed by atoms with Gasteiger partial charge in [-0.2, -0.15) is 0 Å². The van der Waals surface area contributed by atoms with Crippen LogP contribution in [0.25, 0.3) is 0 Å². The second-order valence-electron chi connectivity index (χ2n) is 4.85. The number of nitrogens with one attached hydrogen (secondary N) is 1. The predicted octanol–water partition coefficient (Wildman–Crippen LogP) is 0.906. The van der Waals surface area contributed by atoms with Gasteiger partial charge in [0.2, 0.25) is 0 Å². The third-order valence-corrected chi connectivity index (χ3v) is 3.18. The maximum atomic E-state index is 11.9. The maximum absolute atomic E-state index is 11.9. The lowest BCUT2D eigenvalue weighted by Gasteiger charge is -2.23. The fraction of sp³-hybridized carbons (Fsp3) is 0.583. The summed E-state index contributed by atoms with van der Waals surface area (Å²) in [5.74, 6) is -0.110. The van der Waals surface area contributed by atoms with Crippen LogP contribution >= 0.6 is 0 Å². The number of nitrogens with two attached hydrogens (primary N) is 1. The Kier molecular flexibility index (Phi) is 3.11. The summed E-state index contributed by atoms with van der Waals surface area (Å²) in [7, 11) is 1.80. The number of hydrogen-bond donors (Lipinski definition) is 2. The molecule has 0 aromatic carbocycles. The van der Waals surface area contributed by atoms with Gasteiger partial charge in [0, 0.05) is 26.4 Å². The van der Waals surface area contributed by atoms with E-state index in [4.69, 9.17) is 10.5 Å². The van der Waals surface area contributed by atoms with E-state index >= 15 is 0 Å². The van der Waals surface area contributed by atoms with Gasteiger partial charge in [-0.1, -0.05) is 0 Å². The Hall–Kier alpha value is -1.49. The smallest absolute Gasteiger partial charge is 0.268 e. The summed E-state index contributed by atoms with van der Waals surface area (Å²) in [6.45, 7) is 3.35. The Balaban J connectivity index is 1.95. The third-order valence-electron chi connectivity index (χ3n) is 3.18. The molecule has 2 rings (SSSR count). The molecule has 3 N–H and O–H groups in total. The first-order valence-electron chi connectivity index (χ1n) is 5.84. The molecular weight excluding hydrogens is 218 g/mol. The fourth-order valence-electron chi connectivity index (χ4n) is 2.15. The summed E-state index contributed by atoms with van der Waals surface area (Å²) in [4.78, 5) is 11.9. The van der Waals surface area contributed by atoms with Crippen LogP contribution < -0.4 is 11.1 Å². The molecule has 1 saturated heterocycles. The van der Waals surface area contributed by atoms with Gasteiger partial charge < -0.3 is 20.4 Å². The van der Waals surface area contributed by atoms with Crippen molar-refractivity contribution in [1.29, 1.82) is 0 Å². The van der Waals surface area contributed by atoms with Gasteiger partial charge >= 0.3 is 0 Å². The van der Waals surface area contributed by atoms with E-state index in [9.17, 15) is 4.79 Å². The average Bonchev–Trinajstić information content (AvgIpc) is 2.83. The SMILES string of the molecule is Cn1cc(N)cc1C(=O)NCC1(C)CCCO1. The lowest BCUT2D eigenvalue weighted by Crippen LogP contribution is -2.40. The zero-order valence-electron chi connectivity index (χ0n) is 10.3. The molecule has 0 aliphatic carbocycles. The highest BCUT2D eigenvalue weighted by Crippen LogP contribution is 2.24. The van der Waals surface area contributed by atoms with E-state index in [1.807, 2.05) is 6.92 Å². The summed E-state index contributed by atoms with van der Waals surface area (Å²) in [5.41, 5.74) is 6.59. The van der Waals surface area contributed by atoms with E-state index in [0.29, 0.717) is 17.9 Å². The van der Waals surface area contributed by atoms with E-state index < -0.39 is 0 Å². The molecule has 1 fully saturated rings. The molecule has 1 unspecified atom stereocenters. The van der Waals surface area contributed by atoms with Crippen LogP contribution in [0.5, 0.6) is 0 Å². The highest BCUT2D eigenvalue weighted by molar-refractivity contribution is 5.93. The van der Waals surface area contributed by atoms with E-state index in [-0.39, 0.29) is 11.5 Å².